The first-order valence-electron chi connectivity index (χ1n) is 9.20. The van der Waals surface area contributed by atoms with Crippen molar-refractivity contribution in [2.24, 2.45) is 0 Å². The highest BCUT2D eigenvalue weighted by atomic mass is 16.2. The molecular weight excluding hydrogens is 340 g/mol. The molecular formula is C21H26N4O2. The second-order valence-electron chi connectivity index (χ2n) is 7.21. The van der Waals surface area contributed by atoms with E-state index in [1.807, 2.05) is 49.2 Å². The van der Waals surface area contributed by atoms with Crippen molar-refractivity contribution in [1.82, 2.24) is 14.8 Å². The summed E-state index contributed by atoms with van der Waals surface area (Å²) in [4.78, 5) is 32.3. The summed E-state index contributed by atoms with van der Waals surface area (Å²) >= 11 is 0. The number of carbonyl (C=O) groups excluding carboxylic acids is 2. The van der Waals surface area contributed by atoms with Gasteiger partial charge in [-0.05, 0) is 42.7 Å². The molecule has 0 aliphatic carbocycles. The monoisotopic (exact) mass is 366 g/mol. The predicted molar refractivity (Wildman–Crippen MR) is 105 cm³/mol. The van der Waals surface area contributed by atoms with Gasteiger partial charge in [-0.3, -0.25) is 19.5 Å². The molecule has 6 nitrogen and oxygen atoms in total. The standard InChI is InChI=1S/C21H26N4O2/c1-15-9-19(12-22-11-15)23-21(27)18-6-4-5-17(10-18)13-25-8-7-20(14-25)24(3)16(2)26/h4-6,9-12,20H,7-8,13-14H2,1-3H3,(H,23,27)/t20-/m1/s1. The zero-order valence-corrected chi connectivity index (χ0v) is 16.1. The molecule has 1 aromatic heterocycles. The van der Waals surface area contributed by atoms with Gasteiger partial charge in [0.25, 0.3) is 5.91 Å². The van der Waals surface area contributed by atoms with Crippen LogP contribution in [0, 0.1) is 6.92 Å². The van der Waals surface area contributed by atoms with Crippen molar-refractivity contribution in [3.05, 3.63) is 59.4 Å². The number of hydrogen-bond donors (Lipinski definition) is 1. The van der Waals surface area contributed by atoms with Gasteiger partial charge in [0, 0.05) is 51.4 Å². The topological polar surface area (TPSA) is 65.5 Å². The smallest absolute Gasteiger partial charge is 0.255 e. The Labute approximate surface area is 160 Å². The van der Waals surface area contributed by atoms with Crippen molar-refractivity contribution in [3.8, 4) is 0 Å². The molecule has 142 valence electrons. The third kappa shape index (κ3) is 4.92. The van der Waals surface area contributed by atoms with Crippen LogP contribution < -0.4 is 5.32 Å². The number of likely N-dealkylation sites (tertiary alicyclic amines) is 1. The zero-order valence-electron chi connectivity index (χ0n) is 16.1. The summed E-state index contributed by atoms with van der Waals surface area (Å²) in [6.45, 7) is 6.13. The molecule has 2 amide bonds. The molecule has 0 spiro atoms. The van der Waals surface area contributed by atoms with E-state index in [0.717, 1.165) is 37.2 Å². The van der Waals surface area contributed by atoms with Crippen LogP contribution in [0.5, 0.6) is 0 Å². The van der Waals surface area contributed by atoms with E-state index in [4.69, 9.17) is 0 Å². The van der Waals surface area contributed by atoms with Crippen LogP contribution >= 0.6 is 0 Å². The van der Waals surface area contributed by atoms with Crippen LogP contribution in [0.1, 0.15) is 34.8 Å². The van der Waals surface area contributed by atoms with Crippen LogP contribution in [-0.2, 0) is 11.3 Å². The number of likely N-dealkylation sites (N-methyl/N-ethyl adjacent to an activating group) is 1. The summed E-state index contributed by atoms with van der Waals surface area (Å²) in [7, 11) is 1.86. The maximum Gasteiger partial charge on any atom is 0.255 e. The van der Waals surface area contributed by atoms with Crippen LogP contribution in [0.2, 0.25) is 0 Å². The molecule has 0 unspecified atom stereocenters. The van der Waals surface area contributed by atoms with Crippen molar-refractivity contribution >= 4 is 17.5 Å². The quantitative estimate of drug-likeness (QED) is 0.884. The summed E-state index contributed by atoms with van der Waals surface area (Å²) < 4.78 is 0. The Morgan fingerprint density at radius 2 is 2.11 bits per heavy atom. The SMILES string of the molecule is CC(=O)N(C)[C@@H]1CCN(Cc2cccc(C(=O)Nc3cncc(C)c3)c2)C1. The minimum absolute atomic E-state index is 0.103. The molecule has 1 atom stereocenters. The van der Waals surface area contributed by atoms with Crippen molar-refractivity contribution in [1.29, 1.82) is 0 Å². The van der Waals surface area contributed by atoms with Gasteiger partial charge in [-0.25, -0.2) is 0 Å². The first-order chi connectivity index (χ1) is 12.9. The second kappa shape index (κ2) is 8.31. The van der Waals surface area contributed by atoms with Crippen molar-refractivity contribution in [2.75, 3.05) is 25.5 Å². The van der Waals surface area contributed by atoms with E-state index in [1.54, 1.807) is 19.3 Å². The number of aromatic nitrogens is 1. The van der Waals surface area contributed by atoms with Crippen LogP contribution in [0.3, 0.4) is 0 Å². The first-order valence-corrected chi connectivity index (χ1v) is 9.20. The van der Waals surface area contributed by atoms with Gasteiger partial charge in [0.05, 0.1) is 11.9 Å². The number of nitrogens with one attached hydrogen (secondary N) is 1. The number of carbonyl (C=O) groups is 2. The Balaban J connectivity index is 1.62. The van der Waals surface area contributed by atoms with Crippen molar-refractivity contribution in [3.63, 3.8) is 0 Å². The Morgan fingerprint density at radius 3 is 2.85 bits per heavy atom. The van der Waals surface area contributed by atoms with E-state index in [9.17, 15) is 9.59 Å². The third-order valence-corrected chi connectivity index (χ3v) is 5.02. The molecule has 1 saturated heterocycles. The van der Waals surface area contributed by atoms with Crippen LogP contribution in [0.25, 0.3) is 0 Å². The lowest BCUT2D eigenvalue weighted by atomic mass is 10.1. The van der Waals surface area contributed by atoms with Crippen molar-refractivity contribution < 1.29 is 9.59 Å². The number of hydrogen-bond acceptors (Lipinski definition) is 4. The molecule has 1 fully saturated rings. The minimum atomic E-state index is -0.139. The molecule has 1 aliphatic rings. The predicted octanol–water partition coefficient (Wildman–Crippen LogP) is 2.69. The molecule has 1 aliphatic heterocycles. The van der Waals surface area contributed by atoms with Crippen molar-refractivity contribution in [2.45, 2.75) is 32.9 Å². The molecule has 6 heteroatoms. The third-order valence-electron chi connectivity index (χ3n) is 5.02. The summed E-state index contributed by atoms with van der Waals surface area (Å²) in [5.41, 5.74) is 3.42. The van der Waals surface area contributed by atoms with E-state index in [2.05, 4.69) is 15.2 Å². The van der Waals surface area contributed by atoms with E-state index in [0.29, 0.717) is 11.3 Å². The highest BCUT2D eigenvalue weighted by molar-refractivity contribution is 6.04. The maximum atomic E-state index is 12.5. The first kappa shape index (κ1) is 19.0. The summed E-state index contributed by atoms with van der Waals surface area (Å²) in [6, 6.07) is 9.85. The van der Waals surface area contributed by atoms with Crippen LogP contribution in [-0.4, -0.2) is 52.8 Å². The molecule has 2 heterocycles. The lowest BCUT2D eigenvalue weighted by Crippen LogP contribution is -2.37. The molecule has 1 aromatic carbocycles. The highest BCUT2D eigenvalue weighted by Gasteiger charge is 2.26. The second-order valence-corrected chi connectivity index (χ2v) is 7.21. The van der Waals surface area contributed by atoms with Gasteiger partial charge < -0.3 is 10.2 Å². The fourth-order valence-corrected chi connectivity index (χ4v) is 3.42. The Bertz CT molecular complexity index is 836. The Hall–Kier alpha value is -2.73. The van der Waals surface area contributed by atoms with Gasteiger partial charge in [-0.1, -0.05) is 12.1 Å². The van der Waals surface area contributed by atoms with Gasteiger partial charge in [-0.2, -0.15) is 0 Å². The number of pyridine rings is 1. The summed E-state index contributed by atoms with van der Waals surface area (Å²) in [5, 5.41) is 2.90. The maximum absolute atomic E-state index is 12.5. The number of nitrogens with zero attached hydrogens (tertiary/aromatic N) is 3. The van der Waals surface area contributed by atoms with Gasteiger partial charge >= 0.3 is 0 Å². The molecule has 27 heavy (non-hydrogen) atoms. The number of amides is 2. The zero-order chi connectivity index (χ0) is 19.4. The highest BCUT2D eigenvalue weighted by Crippen LogP contribution is 2.18. The van der Waals surface area contributed by atoms with Crippen LogP contribution in [0.4, 0.5) is 5.69 Å². The van der Waals surface area contributed by atoms with E-state index < -0.39 is 0 Å². The number of rotatable bonds is 5. The molecule has 1 N–H and O–H groups in total. The molecule has 0 bridgehead atoms. The lowest BCUT2D eigenvalue weighted by molar-refractivity contribution is -0.129. The van der Waals surface area contributed by atoms with Gasteiger partial charge in [0.15, 0.2) is 0 Å². The normalized spacial score (nSPS) is 16.9. The summed E-state index contributed by atoms with van der Waals surface area (Å²) in [5.74, 6) is -0.0361. The van der Waals surface area contributed by atoms with Gasteiger partial charge in [-0.15, -0.1) is 0 Å². The fourth-order valence-electron chi connectivity index (χ4n) is 3.42. The minimum Gasteiger partial charge on any atom is -0.342 e. The van der Waals surface area contributed by atoms with E-state index in [1.165, 1.54) is 0 Å². The Kier molecular flexibility index (Phi) is 5.86. The van der Waals surface area contributed by atoms with Crippen LogP contribution in [0.15, 0.2) is 42.7 Å². The van der Waals surface area contributed by atoms with Gasteiger partial charge in [0.2, 0.25) is 5.91 Å². The average Bonchev–Trinajstić information content (AvgIpc) is 3.09. The fraction of sp³-hybridized carbons (Fsp3) is 0.381. The molecule has 0 saturated carbocycles. The number of aryl methyl sites for hydroxylation is 1. The van der Waals surface area contributed by atoms with E-state index in [-0.39, 0.29) is 17.9 Å². The largest absolute Gasteiger partial charge is 0.342 e. The molecule has 3 rings (SSSR count). The number of benzene rings is 1. The Morgan fingerprint density at radius 1 is 1.30 bits per heavy atom. The average molecular weight is 366 g/mol. The number of anilines is 1. The van der Waals surface area contributed by atoms with Gasteiger partial charge in [0.1, 0.15) is 0 Å². The molecule has 2 aromatic rings. The lowest BCUT2D eigenvalue weighted by Gasteiger charge is -2.23. The molecule has 0 radical (unpaired) electrons. The van der Waals surface area contributed by atoms with E-state index >= 15 is 0 Å². The summed E-state index contributed by atoms with van der Waals surface area (Å²) in [6.07, 6.45) is 4.38.